The number of carbonyl (C=O) groups excluding carboxylic acids is 4. The van der Waals surface area contributed by atoms with Crippen molar-refractivity contribution in [3.63, 3.8) is 0 Å². The van der Waals surface area contributed by atoms with Crippen LogP contribution >= 0.6 is 0 Å². The fourth-order valence-electron chi connectivity index (χ4n) is 3.25. The summed E-state index contributed by atoms with van der Waals surface area (Å²) in [5, 5.41) is 2.16. The molecule has 4 aliphatic heterocycles. The Morgan fingerprint density at radius 1 is 0.864 bits per heavy atom. The molecule has 6 nitrogen and oxygen atoms in total. The third kappa shape index (κ3) is 1.42. The zero-order valence-corrected chi connectivity index (χ0v) is 11.5. The van der Waals surface area contributed by atoms with Gasteiger partial charge in [-0.15, -0.1) is 4.48 Å². The van der Waals surface area contributed by atoms with Crippen molar-refractivity contribution in [1.82, 2.24) is 5.32 Å². The quantitative estimate of drug-likeness (QED) is 0.607. The third-order valence-electron chi connectivity index (χ3n) is 4.33. The first-order valence-corrected chi connectivity index (χ1v) is 6.89. The van der Waals surface area contributed by atoms with Gasteiger partial charge >= 0.3 is 11.8 Å². The molecule has 0 saturated carbocycles. The molecule has 6 heteroatoms. The molecule has 1 N–H and O–H groups in total. The topological polar surface area (TPSA) is 80.3 Å². The van der Waals surface area contributed by atoms with E-state index in [1.165, 1.54) is 12.2 Å². The van der Waals surface area contributed by atoms with E-state index in [4.69, 9.17) is 0 Å². The molecule has 1 spiro atoms. The Labute approximate surface area is 125 Å². The van der Waals surface area contributed by atoms with E-state index in [9.17, 15) is 19.2 Å². The van der Waals surface area contributed by atoms with Crippen molar-refractivity contribution >= 4 is 23.6 Å². The third-order valence-corrected chi connectivity index (χ3v) is 4.33. The molecule has 4 heterocycles. The molecule has 0 radical (unpaired) electrons. The van der Waals surface area contributed by atoms with Crippen molar-refractivity contribution in [3.05, 3.63) is 59.0 Å². The van der Waals surface area contributed by atoms with Gasteiger partial charge in [-0.05, 0) is 12.8 Å². The molecule has 0 aromatic rings. The zero-order valence-electron chi connectivity index (χ0n) is 11.5. The lowest BCUT2D eigenvalue weighted by Crippen LogP contribution is -2.47. The van der Waals surface area contributed by atoms with Gasteiger partial charge in [0.15, 0.2) is 11.4 Å². The number of nitrogens with zero attached hydrogens (tertiary/aromatic N) is 1. The maximum atomic E-state index is 12.7. The molecule has 108 valence electrons. The van der Waals surface area contributed by atoms with Gasteiger partial charge in [0.05, 0.1) is 11.6 Å². The highest BCUT2D eigenvalue weighted by atomic mass is 16.2. The second kappa shape index (κ2) is 4.08. The number of carbonyl (C=O) groups is 4. The molecular formula is C16H11N2O4+. The average molecular weight is 295 g/mol. The second-order valence-electron chi connectivity index (χ2n) is 5.49. The van der Waals surface area contributed by atoms with E-state index < -0.39 is 11.8 Å². The molecule has 0 atom stereocenters. The van der Waals surface area contributed by atoms with Crippen molar-refractivity contribution in [2.75, 3.05) is 0 Å². The Morgan fingerprint density at radius 3 is 2.05 bits per heavy atom. The fourth-order valence-corrected chi connectivity index (χ4v) is 3.25. The fraction of sp³-hybridized carbons (Fsp3) is 0.125. The highest BCUT2D eigenvalue weighted by molar-refractivity contribution is 6.16. The highest BCUT2D eigenvalue weighted by Crippen LogP contribution is 2.44. The smallest absolute Gasteiger partial charge is 0.289 e. The Morgan fingerprint density at radius 2 is 1.50 bits per heavy atom. The Hall–Kier alpha value is -2.86. The number of allylic oxidation sites excluding steroid dienone is 4. The van der Waals surface area contributed by atoms with Crippen molar-refractivity contribution in [2.45, 2.75) is 12.8 Å². The van der Waals surface area contributed by atoms with E-state index in [2.05, 4.69) is 5.32 Å². The molecule has 22 heavy (non-hydrogen) atoms. The molecule has 0 unspecified atom stereocenters. The van der Waals surface area contributed by atoms with Crippen molar-refractivity contribution in [2.24, 2.45) is 0 Å². The van der Waals surface area contributed by atoms with Gasteiger partial charge in [0.1, 0.15) is 0 Å². The lowest BCUT2D eigenvalue weighted by Gasteiger charge is -2.22. The monoisotopic (exact) mass is 295 g/mol. The van der Waals surface area contributed by atoms with Gasteiger partial charge in [0, 0.05) is 36.0 Å². The van der Waals surface area contributed by atoms with Gasteiger partial charge in [-0.2, -0.15) is 0 Å². The summed E-state index contributed by atoms with van der Waals surface area (Å²) in [6.07, 6.45) is 10.2. The van der Waals surface area contributed by atoms with Crippen LogP contribution in [0.4, 0.5) is 0 Å². The van der Waals surface area contributed by atoms with E-state index >= 15 is 0 Å². The molecule has 0 aliphatic carbocycles. The van der Waals surface area contributed by atoms with Gasteiger partial charge in [0.25, 0.3) is 11.8 Å². The van der Waals surface area contributed by atoms with Crippen LogP contribution in [-0.2, 0) is 19.2 Å². The second-order valence-corrected chi connectivity index (χ2v) is 5.49. The summed E-state index contributed by atoms with van der Waals surface area (Å²) in [5.74, 6) is -1.42. The normalized spacial score (nSPS) is 24.0. The number of amides is 4. The standard InChI is InChI=1S/C16H10N2O4/c19-13-7-9(15(21)17-13)1-2-10-8-14(20)18(16(10)22)11-3-4-12(18)6-5-11/h3-8H,1-2H2/p+1. The lowest BCUT2D eigenvalue weighted by atomic mass is 10.0. The van der Waals surface area contributed by atoms with Gasteiger partial charge in [-0.1, -0.05) is 0 Å². The van der Waals surface area contributed by atoms with Crippen LogP contribution in [0.25, 0.3) is 0 Å². The summed E-state index contributed by atoms with van der Waals surface area (Å²) in [6, 6.07) is 0. The van der Waals surface area contributed by atoms with Gasteiger partial charge in [-0.3, -0.25) is 14.9 Å². The Balaban J connectivity index is 1.56. The molecule has 4 rings (SSSR count). The first-order valence-electron chi connectivity index (χ1n) is 6.89. The number of hydrogen-bond donors (Lipinski definition) is 1. The number of hydrogen-bond acceptors (Lipinski definition) is 4. The zero-order chi connectivity index (χ0) is 15.5. The van der Waals surface area contributed by atoms with E-state index in [1.54, 1.807) is 24.3 Å². The molecular weight excluding hydrogens is 284 g/mol. The maximum absolute atomic E-state index is 12.7. The maximum Gasteiger partial charge on any atom is 0.360 e. The molecule has 0 aromatic carbocycles. The minimum atomic E-state index is -0.441. The summed E-state index contributed by atoms with van der Waals surface area (Å²) in [6.45, 7) is 0. The van der Waals surface area contributed by atoms with E-state index in [0.29, 0.717) is 22.5 Å². The molecule has 4 amide bonds. The van der Waals surface area contributed by atoms with Gasteiger partial charge in [0.2, 0.25) is 0 Å². The van der Waals surface area contributed by atoms with E-state index in [0.717, 1.165) is 0 Å². The Kier molecular flexibility index (Phi) is 2.38. The van der Waals surface area contributed by atoms with Crippen LogP contribution in [0.5, 0.6) is 0 Å². The Bertz CT molecular complexity index is 814. The largest absolute Gasteiger partial charge is 0.360 e. The van der Waals surface area contributed by atoms with Crippen LogP contribution in [0.15, 0.2) is 59.0 Å². The van der Waals surface area contributed by atoms with Crippen LogP contribution in [0.1, 0.15) is 12.8 Å². The minimum absolute atomic E-state index is 0.258. The molecule has 0 saturated heterocycles. The first-order chi connectivity index (χ1) is 10.5. The SMILES string of the molecule is O=C1C=C(CCC2=CC(=O)[N+]3(C2=O)C2=CC=C3C=C2)C(=O)N1. The van der Waals surface area contributed by atoms with Crippen molar-refractivity contribution in [3.8, 4) is 0 Å². The molecule has 0 fully saturated rings. The number of quaternary nitrogens is 1. The van der Waals surface area contributed by atoms with Crippen LogP contribution in [0, 0.1) is 0 Å². The average Bonchev–Trinajstić information content (AvgIpc) is 3.19. The first kappa shape index (κ1) is 12.8. The van der Waals surface area contributed by atoms with Gasteiger partial charge in [-0.25, -0.2) is 9.59 Å². The van der Waals surface area contributed by atoms with Crippen LogP contribution in [0.3, 0.4) is 0 Å². The number of imide groups is 2. The van der Waals surface area contributed by atoms with Gasteiger partial charge < -0.3 is 0 Å². The summed E-state index contributed by atoms with van der Waals surface area (Å²) >= 11 is 0. The number of nitrogens with one attached hydrogen (secondary N) is 1. The number of rotatable bonds is 3. The lowest BCUT2D eigenvalue weighted by molar-refractivity contribution is -0.675. The molecule has 2 bridgehead atoms. The predicted octanol–water partition coefficient (Wildman–Crippen LogP) is 0.511. The van der Waals surface area contributed by atoms with Crippen molar-refractivity contribution in [1.29, 1.82) is 0 Å². The van der Waals surface area contributed by atoms with Crippen molar-refractivity contribution < 1.29 is 23.7 Å². The van der Waals surface area contributed by atoms with Crippen LogP contribution in [0.2, 0.25) is 0 Å². The molecule has 4 aliphatic rings. The summed E-state index contributed by atoms with van der Waals surface area (Å²) < 4.78 is -0.375. The summed E-state index contributed by atoms with van der Waals surface area (Å²) in [5.41, 5.74) is 2.04. The predicted molar refractivity (Wildman–Crippen MR) is 74.1 cm³/mol. The minimum Gasteiger partial charge on any atom is -0.289 e. The molecule has 0 aromatic heterocycles. The van der Waals surface area contributed by atoms with Crippen LogP contribution in [-0.4, -0.2) is 28.1 Å². The highest BCUT2D eigenvalue weighted by Gasteiger charge is 2.59. The summed E-state index contributed by atoms with van der Waals surface area (Å²) in [7, 11) is 0. The summed E-state index contributed by atoms with van der Waals surface area (Å²) in [4.78, 5) is 47.7. The van der Waals surface area contributed by atoms with E-state index in [-0.39, 0.29) is 29.1 Å². The van der Waals surface area contributed by atoms with Crippen LogP contribution < -0.4 is 5.32 Å². The van der Waals surface area contributed by atoms with E-state index in [1.807, 2.05) is 0 Å².